The van der Waals surface area contributed by atoms with Gasteiger partial charge in [0.2, 0.25) is 0 Å². The SMILES string of the molecule is CC1(C(=O)OCCOC(=O)c2ccccc2)CCC2(C)OC2C1. The molecule has 1 saturated carbocycles. The van der Waals surface area contributed by atoms with Crippen molar-refractivity contribution in [2.45, 2.75) is 44.8 Å². The van der Waals surface area contributed by atoms with Crippen molar-refractivity contribution in [3.8, 4) is 0 Å². The topological polar surface area (TPSA) is 65.1 Å². The first kappa shape index (κ1) is 16.0. The lowest BCUT2D eigenvalue weighted by molar-refractivity contribution is -0.157. The molecule has 1 aliphatic heterocycles. The number of hydrogen-bond donors (Lipinski definition) is 0. The summed E-state index contributed by atoms with van der Waals surface area (Å²) >= 11 is 0. The van der Waals surface area contributed by atoms with E-state index in [0.717, 1.165) is 12.8 Å². The Balaban J connectivity index is 1.40. The van der Waals surface area contributed by atoms with Gasteiger partial charge < -0.3 is 14.2 Å². The number of fused-ring (bicyclic) bond motifs is 1. The van der Waals surface area contributed by atoms with Crippen LogP contribution in [0.1, 0.15) is 43.5 Å². The normalized spacial score (nSPS) is 31.8. The molecule has 2 fully saturated rings. The highest BCUT2D eigenvalue weighted by Crippen LogP contribution is 2.53. The van der Waals surface area contributed by atoms with Crippen LogP contribution < -0.4 is 0 Å². The van der Waals surface area contributed by atoms with Gasteiger partial charge in [0, 0.05) is 0 Å². The number of esters is 2. The fourth-order valence-corrected chi connectivity index (χ4v) is 3.09. The van der Waals surface area contributed by atoms with Gasteiger partial charge in [0.05, 0.1) is 22.7 Å². The summed E-state index contributed by atoms with van der Waals surface area (Å²) in [4.78, 5) is 24.0. The maximum Gasteiger partial charge on any atom is 0.338 e. The minimum atomic E-state index is -0.496. The highest BCUT2D eigenvalue weighted by atomic mass is 16.6. The molecule has 3 atom stereocenters. The zero-order valence-electron chi connectivity index (χ0n) is 13.5. The molecular weight excluding hydrogens is 296 g/mol. The van der Waals surface area contributed by atoms with Gasteiger partial charge in [-0.15, -0.1) is 0 Å². The number of epoxide rings is 1. The summed E-state index contributed by atoms with van der Waals surface area (Å²) in [7, 11) is 0. The van der Waals surface area contributed by atoms with E-state index in [4.69, 9.17) is 14.2 Å². The quantitative estimate of drug-likeness (QED) is 0.474. The molecule has 0 spiro atoms. The Labute approximate surface area is 135 Å². The van der Waals surface area contributed by atoms with Crippen molar-refractivity contribution in [3.63, 3.8) is 0 Å². The number of hydrogen-bond acceptors (Lipinski definition) is 5. The van der Waals surface area contributed by atoms with Crippen molar-refractivity contribution in [2.24, 2.45) is 5.41 Å². The van der Waals surface area contributed by atoms with E-state index < -0.39 is 11.4 Å². The van der Waals surface area contributed by atoms with Crippen LogP contribution in [0.4, 0.5) is 0 Å². The lowest BCUT2D eigenvalue weighted by atomic mass is 9.72. The first-order valence-electron chi connectivity index (χ1n) is 8.00. The van der Waals surface area contributed by atoms with Crippen LogP contribution in [0.25, 0.3) is 0 Å². The Bertz CT molecular complexity index is 599. The van der Waals surface area contributed by atoms with Gasteiger partial charge in [0.25, 0.3) is 0 Å². The summed E-state index contributed by atoms with van der Waals surface area (Å²) < 4.78 is 16.0. The van der Waals surface area contributed by atoms with Crippen LogP contribution in [0.2, 0.25) is 0 Å². The lowest BCUT2D eigenvalue weighted by Gasteiger charge is -2.31. The minimum Gasteiger partial charge on any atom is -0.462 e. The molecule has 1 saturated heterocycles. The van der Waals surface area contributed by atoms with Crippen LogP contribution in [-0.4, -0.2) is 36.9 Å². The minimum absolute atomic E-state index is 0.0228. The van der Waals surface area contributed by atoms with Gasteiger partial charge in [-0.3, -0.25) is 4.79 Å². The Hall–Kier alpha value is -1.88. The summed E-state index contributed by atoms with van der Waals surface area (Å²) in [5.41, 5.74) is -0.0296. The third kappa shape index (κ3) is 3.39. The summed E-state index contributed by atoms with van der Waals surface area (Å²) in [6.07, 6.45) is 2.52. The van der Waals surface area contributed by atoms with Crippen molar-refractivity contribution < 1.29 is 23.8 Å². The second-order valence-corrected chi connectivity index (χ2v) is 6.82. The Kier molecular flexibility index (Phi) is 4.15. The third-order valence-electron chi connectivity index (χ3n) is 4.90. The number of benzene rings is 1. The third-order valence-corrected chi connectivity index (χ3v) is 4.90. The molecule has 1 aromatic rings. The maximum absolute atomic E-state index is 12.3. The molecule has 1 aromatic carbocycles. The molecule has 0 radical (unpaired) electrons. The van der Waals surface area contributed by atoms with E-state index in [2.05, 4.69) is 6.92 Å². The predicted octanol–water partition coefficient (Wildman–Crippen LogP) is 2.73. The van der Waals surface area contributed by atoms with Crippen molar-refractivity contribution in [1.82, 2.24) is 0 Å². The monoisotopic (exact) mass is 318 g/mol. The number of carbonyl (C=O) groups excluding carboxylic acids is 2. The summed E-state index contributed by atoms with van der Waals surface area (Å²) in [6.45, 7) is 4.15. The molecule has 23 heavy (non-hydrogen) atoms. The Morgan fingerprint density at radius 3 is 2.52 bits per heavy atom. The fourth-order valence-electron chi connectivity index (χ4n) is 3.09. The van der Waals surface area contributed by atoms with Crippen molar-refractivity contribution in [3.05, 3.63) is 35.9 Å². The maximum atomic E-state index is 12.3. The highest BCUT2D eigenvalue weighted by Gasteiger charge is 2.60. The average Bonchev–Trinajstić information content (AvgIpc) is 3.22. The van der Waals surface area contributed by atoms with Crippen molar-refractivity contribution in [1.29, 1.82) is 0 Å². The van der Waals surface area contributed by atoms with E-state index >= 15 is 0 Å². The number of carbonyl (C=O) groups is 2. The molecule has 0 bridgehead atoms. The van der Waals surface area contributed by atoms with Gasteiger partial charge in [-0.25, -0.2) is 4.79 Å². The fraction of sp³-hybridized carbons (Fsp3) is 0.556. The van der Waals surface area contributed by atoms with Crippen LogP contribution in [0.5, 0.6) is 0 Å². The molecule has 0 amide bonds. The van der Waals surface area contributed by atoms with E-state index in [9.17, 15) is 9.59 Å². The molecular formula is C18H22O5. The van der Waals surface area contributed by atoms with Gasteiger partial charge in [-0.05, 0) is 45.2 Å². The zero-order valence-corrected chi connectivity index (χ0v) is 13.5. The molecule has 1 aliphatic carbocycles. The smallest absolute Gasteiger partial charge is 0.338 e. The van der Waals surface area contributed by atoms with Crippen LogP contribution in [0.3, 0.4) is 0 Å². The molecule has 1 heterocycles. The van der Waals surface area contributed by atoms with Gasteiger partial charge in [0.1, 0.15) is 13.2 Å². The highest BCUT2D eigenvalue weighted by molar-refractivity contribution is 5.89. The largest absolute Gasteiger partial charge is 0.462 e. The molecule has 3 rings (SSSR count). The first-order valence-corrected chi connectivity index (χ1v) is 8.00. The van der Waals surface area contributed by atoms with Crippen LogP contribution in [0.15, 0.2) is 30.3 Å². The van der Waals surface area contributed by atoms with Crippen molar-refractivity contribution >= 4 is 11.9 Å². The van der Waals surface area contributed by atoms with E-state index in [0.29, 0.717) is 12.0 Å². The molecule has 5 heteroatoms. The second-order valence-electron chi connectivity index (χ2n) is 6.82. The number of ether oxygens (including phenoxy) is 3. The number of rotatable bonds is 5. The second kappa shape index (κ2) is 5.96. The summed E-state index contributed by atoms with van der Waals surface area (Å²) in [5, 5.41) is 0. The van der Waals surface area contributed by atoms with Crippen molar-refractivity contribution in [2.75, 3.05) is 13.2 Å². The summed E-state index contributed by atoms with van der Waals surface area (Å²) in [6, 6.07) is 8.74. The zero-order chi connectivity index (χ0) is 16.5. The standard InChI is InChI=1S/C18H22O5/c1-17(8-9-18(2)14(12-17)23-18)16(20)22-11-10-21-15(19)13-6-4-3-5-7-13/h3-7,14H,8-12H2,1-2H3. The molecule has 0 aromatic heterocycles. The van der Waals surface area contributed by atoms with E-state index in [-0.39, 0.29) is 30.9 Å². The van der Waals surface area contributed by atoms with Gasteiger partial charge >= 0.3 is 11.9 Å². The lowest BCUT2D eigenvalue weighted by Crippen LogP contribution is -2.37. The Morgan fingerprint density at radius 2 is 1.83 bits per heavy atom. The van der Waals surface area contributed by atoms with Crippen LogP contribution >= 0.6 is 0 Å². The van der Waals surface area contributed by atoms with E-state index in [1.54, 1.807) is 24.3 Å². The van der Waals surface area contributed by atoms with E-state index in [1.165, 1.54) is 0 Å². The molecule has 124 valence electrons. The van der Waals surface area contributed by atoms with Crippen LogP contribution in [-0.2, 0) is 19.0 Å². The molecule has 2 aliphatic rings. The van der Waals surface area contributed by atoms with Crippen LogP contribution in [0, 0.1) is 5.41 Å². The van der Waals surface area contributed by atoms with Gasteiger partial charge in [-0.1, -0.05) is 18.2 Å². The van der Waals surface area contributed by atoms with E-state index in [1.807, 2.05) is 13.0 Å². The molecule has 5 nitrogen and oxygen atoms in total. The molecule has 0 N–H and O–H groups in total. The van der Waals surface area contributed by atoms with Gasteiger partial charge in [0.15, 0.2) is 0 Å². The molecule has 3 unspecified atom stereocenters. The Morgan fingerprint density at radius 1 is 1.13 bits per heavy atom. The van der Waals surface area contributed by atoms with Gasteiger partial charge in [-0.2, -0.15) is 0 Å². The summed E-state index contributed by atoms with van der Waals surface area (Å²) in [5.74, 6) is -0.640. The predicted molar refractivity (Wildman–Crippen MR) is 82.9 cm³/mol. The average molecular weight is 318 g/mol. The first-order chi connectivity index (χ1) is 10.9.